The van der Waals surface area contributed by atoms with Crippen molar-refractivity contribution in [3.63, 3.8) is 0 Å². The lowest BCUT2D eigenvalue weighted by molar-refractivity contribution is -0.274. The number of amides is 2. The molecule has 0 saturated carbocycles. The van der Waals surface area contributed by atoms with E-state index in [1.807, 2.05) is 36.4 Å². The molecule has 1 N–H and O–H groups in total. The number of carbonyl (C=O) groups is 1. The van der Waals surface area contributed by atoms with Gasteiger partial charge in [0, 0.05) is 30.1 Å². The number of para-hydroxylation sites is 1. The number of alkyl halides is 3. The van der Waals surface area contributed by atoms with Crippen molar-refractivity contribution in [2.24, 2.45) is 10.4 Å². The Bertz CT molecular complexity index is 1670. The third-order valence-electron chi connectivity index (χ3n) is 7.47. The first-order chi connectivity index (χ1) is 21.9. The van der Waals surface area contributed by atoms with Gasteiger partial charge >= 0.3 is 12.4 Å². The van der Waals surface area contributed by atoms with Crippen LogP contribution in [0.4, 0.5) is 23.7 Å². The quantitative estimate of drug-likeness (QED) is 0.197. The molecule has 5 rings (SSSR count). The SMILES string of the molecule is CC(C)c1ccccc1N1CCCS/C1=N\C(=O)NCC(C)(C)Cc1ccc(-c2ncn(-c3ccc(OC(F)(F)F)cc3)n2)cc1. The fourth-order valence-electron chi connectivity index (χ4n) is 5.25. The summed E-state index contributed by atoms with van der Waals surface area (Å²) in [5.41, 5.74) is 4.55. The topological polar surface area (TPSA) is 84.6 Å². The van der Waals surface area contributed by atoms with Crippen LogP contribution in [0.2, 0.25) is 0 Å². The molecule has 0 spiro atoms. The molecular weight excluding hydrogens is 613 g/mol. The van der Waals surface area contributed by atoms with Crippen molar-refractivity contribution in [3.8, 4) is 22.8 Å². The van der Waals surface area contributed by atoms with Gasteiger partial charge in [-0.3, -0.25) is 0 Å². The summed E-state index contributed by atoms with van der Waals surface area (Å²) in [7, 11) is 0. The Balaban J connectivity index is 1.18. The average Bonchev–Trinajstić information content (AvgIpc) is 3.51. The summed E-state index contributed by atoms with van der Waals surface area (Å²) < 4.78 is 42.7. The van der Waals surface area contributed by atoms with Crippen LogP contribution in [0, 0.1) is 5.41 Å². The van der Waals surface area contributed by atoms with Gasteiger partial charge in [-0.1, -0.05) is 81.9 Å². The minimum absolute atomic E-state index is 0.233. The molecule has 0 unspecified atom stereocenters. The highest BCUT2D eigenvalue weighted by Gasteiger charge is 2.31. The summed E-state index contributed by atoms with van der Waals surface area (Å²) in [5.74, 6) is 1.47. The van der Waals surface area contributed by atoms with E-state index < -0.39 is 6.36 Å². The van der Waals surface area contributed by atoms with Crippen LogP contribution in [0.15, 0.2) is 84.1 Å². The Morgan fingerprint density at radius 2 is 1.76 bits per heavy atom. The van der Waals surface area contributed by atoms with Crippen LogP contribution in [0.3, 0.4) is 0 Å². The lowest BCUT2D eigenvalue weighted by Gasteiger charge is -2.32. The van der Waals surface area contributed by atoms with Gasteiger partial charge in [-0.25, -0.2) is 14.5 Å². The average molecular weight is 651 g/mol. The molecule has 12 heteroatoms. The number of thioether (sulfide) groups is 1. The number of urea groups is 1. The van der Waals surface area contributed by atoms with Crippen molar-refractivity contribution in [2.45, 2.75) is 52.8 Å². The summed E-state index contributed by atoms with van der Waals surface area (Å²) in [6, 6.07) is 21.3. The fraction of sp³-hybridized carbons (Fsp3) is 0.353. The number of nitrogens with zero attached hydrogens (tertiary/aromatic N) is 5. The van der Waals surface area contributed by atoms with Crippen molar-refractivity contribution in [1.82, 2.24) is 20.1 Å². The van der Waals surface area contributed by atoms with E-state index in [-0.39, 0.29) is 17.2 Å². The van der Waals surface area contributed by atoms with Crippen LogP contribution in [-0.2, 0) is 6.42 Å². The lowest BCUT2D eigenvalue weighted by atomic mass is 9.85. The number of hydrogen-bond donors (Lipinski definition) is 1. The van der Waals surface area contributed by atoms with E-state index in [2.05, 4.69) is 69.9 Å². The molecule has 1 aliphatic heterocycles. The number of anilines is 1. The Morgan fingerprint density at radius 3 is 2.46 bits per heavy atom. The van der Waals surface area contributed by atoms with Gasteiger partial charge in [-0.05, 0) is 65.6 Å². The molecule has 0 aliphatic carbocycles. The molecule has 1 fully saturated rings. The number of aromatic nitrogens is 3. The van der Waals surface area contributed by atoms with E-state index in [0.29, 0.717) is 24.0 Å². The van der Waals surface area contributed by atoms with Crippen LogP contribution in [-0.4, -0.2) is 51.2 Å². The highest BCUT2D eigenvalue weighted by molar-refractivity contribution is 8.14. The minimum Gasteiger partial charge on any atom is -0.406 e. The van der Waals surface area contributed by atoms with E-state index in [1.54, 1.807) is 11.8 Å². The summed E-state index contributed by atoms with van der Waals surface area (Å²) in [6.45, 7) is 9.83. The minimum atomic E-state index is -4.75. The van der Waals surface area contributed by atoms with Gasteiger partial charge in [0.2, 0.25) is 0 Å². The number of benzene rings is 3. The second-order valence-corrected chi connectivity index (χ2v) is 13.3. The monoisotopic (exact) mass is 650 g/mol. The fourth-order valence-corrected chi connectivity index (χ4v) is 6.19. The third-order valence-corrected chi connectivity index (χ3v) is 8.54. The number of amidine groups is 1. The van der Waals surface area contributed by atoms with Gasteiger partial charge in [-0.2, -0.15) is 4.99 Å². The molecule has 1 aromatic heterocycles. The summed E-state index contributed by atoms with van der Waals surface area (Å²) in [5, 5.41) is 8.22. The second kappa shape index (κ2) is 14.0. The smallest absolute Gasteiger partial charge is 0.406 e. The Hall–Kier alpha value is -4.32. The zero-order chi connectivity index (χ0) is 32.9. The molecule has 1 saturated heterocycles. The Kier molecular flexibility index (Phi) is 10.0. The summed E-state index contributed by atoms with van der Waals surface area (Å²) >= 11 is 1.61. The number of nitrogens with one attached hydrogen (secondary N) is 1. The maximum absolute atomic E-state index is 13.0. The van der Waals surface area contributed by atoms with E-state index in [1.165, 1.54) is 40.8 Å². The van der Waals surface area contributed by atoms with E-state index in [4.69, 9.17) is 0 Å². The van der Waals surface area contributed by atoms with Crippen LogP contribution in [0.1, 0.15) is 51.2 Å². The zero-order valence-corrected chi connectivity index (χ0v) is 27.0. The van der Waals surface area contributed by atoms with Crippen molar-refractivity contribution >= 4 is 28.6 Å². The predicted octanol–water partition coefficient (Wildman–Crippen LogP) is 8.23. The molecule has 46 heavy (non-hydrogen) atoms. The molecule has 3 aromatic carbocycles. The molecular formula is C34H37F3N6O2S. The maximum atomic E-state index is 13.0. The number of carbonyl (C=O) groups excluding carboxylic acids is 1. The van der Waals surface area contributed by atoms with E-state index >= 15 is 0 Å². The number of hydrogen-bond acceptors (Lipinski definition) is 5. The number of rotatable bonds is 9. The number of ether oxygens (including phenoxy) is 1. The van der Waals surface area contributed by atoms with Gasteiger partial charge in [0.25, 0.3) is 0 Å². The van der Waals surface area contributed by atoms with Crippen molar-refractivity contribution in [3.05, 3.63) is 90.3 Å². The molecule has 8 nitrogen and oxygen atoms in total. The van der Waals surface area contributed by atoms with Crippen molar-refractivity contribution < 1.29 is 22.7 Å². The zero-order valence-electron chi connectivity index (χ0n) is 26.2. The van der Waals surface area contributed by atoms with Crippen molar-refractivity contribution in [1.29, 1.82) is 0 Å². The molecule has 0 atom stereocenters. The molecule has 2 heterocycles. The van der Waals surface area contributed by atoms with Gasteiger partial charge < -0.3 is 15.0 Å². The highest BCUT2D eigenvalue weighted by atomic mass is 32.2. The highest BCUT2D eigenvalue weighted by Crippen LogP contribution is 2.32. The summed E-state index contributed by atoms with van der Waals surface area (Å²) in [6.07, 6.45) is -1.49. The maximum Gasteiger partial charge on any atom is 0.573 e. The van der Waals surface area contributed by atoms with Gasteiger partial charge in [0.1, 0.15) is 12.1 Å². The van der Waals surface area contributed by atoms with Crippen LogP contribution < -0.4 is 15.0 Å². The molecule has 0 bridgehead atoms. The molecule has 2 amide bonds. The predicted molar refractivity (Wildman–Crippen MR) is 177 cm³/mol. The molecule has 4 aromatic rings. The van der Waals surface area contributed by atoms with Gasteiger partial charge in [-0.15, -0.1) is 18.3 Å². The van der Waals surface area contributed by atoms with E-state index in [9.17, 15) is 18.0 Å². The van der Waals surface area contributed by atoms with Crippen LogP contribution in [0.5, 0.6) is 5.75 Å². The molecule has 0 radical (unpaired) electrons. The first-order valence-corrected chi connectivity index (χ1v) is 16.1. The van der Waals surface area contributed by atoms with E-state index in [0.717, 1.165) is 47.1 Å². The first kappa shape index (κ1) is 33.1. The Morgan fingerprint density at radius 1 is 1.04 bits per heavy atom. The standard InChI is InChI=1S/C34H37F3N6O2S/c1-23(2)28-8-5-6-9-29(28)42-18-7-19-46-32(42)40-31(44)38-21-33(3,4)20-24-10-12-25(13-11-24)30-39-22-43(41-30)26-14-16-27(17-15-26)45-34(35,36)37/h5-6,8-17,22-23H,7,18-21H2,1-4H3,(H,38,44)/b40-32-. The third kappa shape index (κ3) is 8.68. The second-order valence-electron chi connectivity index (χ2n) is 12.2. The number of aliphatic imine (C=N–C) groups is 1. The van der Waals surface area contributed by atoms with Crippen molar-refractivity contribution in [2.75, 3.05) is 23.7 Å². The van der Waals surface area contributed by atoms with Gasteiger partial charge in [0.15, 0.2) is 11.0 Å². The summed E-state index contributed by atoms with van der Waals surface area (Å²) in [4.78, 5) is 24.0. The first-order valence-electron chi connectivity index (χ1n) is 15.1. The number of halogens is 3. The molecule has 1 aliphatic rings. The Labute approximate surface area is 271 Å². The van der Waals surface area contributed by atoms with Gasteiger partial charge in [0.05, 0.1) is 5.69 Å². The normalized spacial score (nSPS) is 15.0. The van der Waals surface area contributed by atoms with Crippen LogP contribution in [0.25, 0.3) is 17.1 Å². The molecule has 242 valence electrons. The van der Waals surface area contributed by atoms with Crippen LogP contribution >= 0.6 is 11.8 Å². The lowest BCUT2D eigenvalue weighted by Crippen LogP contribution is -2.38. The largest absolute Gasteiger partial charge is 0.573 e.